The van der Waals surface area contributed by atoms with Crippen LogP contribution in [-0.2, 0) is 4.79 Å². The van der Waals surface area contributed by atoms with Crippen LogP contribution < -0.4 is 0 Å². The standard InChI is InChI=1S/C20H19O2Te2/c1-11-5-15(6-12(2)23-11)9-17-19(21)18(20(17)22)10-16-7-13(3)24-14(4)8-16/h5-10,21H,1-4H3. The average molecular weight is 547 g/mol. The van der Waals surface area contributed by atoms with Crippen molar-refractivity contribution in [3.05, 3.63) is 75.4 Å². The molecule has 0 atom stereocenters. The zero-order valence-corrected chi connectivity index (χ0v) is 18.8. The monoisotopic (exact) mass is 551 g/mol. The molecular weight excluding hydrogens is 527 g/mol. The van der Waals surface area contributed by atoms with Crippen molar-refractivity contribution >= 4 is 50.7 Å². The summed E-state index contributed by atoms with van der Waals surface area (Å²) in [5, 5.41) is 10.3. The van der Waals surface area contributed by atoms with Crippen LogP contribution in [0.15, 0.2) is 75.4 Å². The number of carbonyl (C=O) groups excluding carboxylic acids is 1. The zero-order chi connectivity index (χ0) is 17.4. The summed E-state index contributed by atoms with van der Waals surface area (Å²) in [7, 11) is 0. The van der Waals surface area contributed by atoms with E-state index in [-0.39, 0.29) is 52.9 Å². The Balaban J connectivity index is 1.92. The minimum absolute atomic E-state index is 0.0641. The normalized spacial score (nSPS) is 22.5. The number of carbonyl (C=O) groups is 1. The van der Waals surface area contributed by atoms with E-state index in [0.717, 1.165) is 11.1 Å². The van der Waals surface area contributed by atoms with Crippen LogP contribution in [0.4, 0.5) is 0 Å². The quantitative estimate of drug-likeness (QED) is 0.426. The molecule has 2 heterocycles. The Bertz CT molecular complexity index is 862. The first-order valence-corrected chi connectivity index (χ1v) is 12.4. The van der Waals surface area contributed by atoms with Gasteiger partial charge in [0.15, 0.2) is 0 Å². The fourth-order valence-electron chi connectivity index (χ4n) is 2.86. The topological polar surface area (TPSA) is 37.3 Å². The van der Waals surface area contributed by atoms with E-state index >= 15 is 0 Å². The molecule has 0 fully saturated rings. The molecule has 0 aromatic carbocycles. The van der Waals surface area contributed by atoms with Gasteiger partial charge in [-0.2, -0.15) is 0 Å². The molecule has 0 aromatic heterocycles. The van der Waals surface area contributed by atoms with Gasteiger partial charge in [0, 0.05) is 0 Å². The van der Waals surface area contributed by atoms with Gasteiger partial charge < -0.3 is 0 Å². The van der Waals surface area contributed by atoms with Crippen molar-refractivity contribution < 1.29 is 9.90 Å². The first-order chi connectivity index (χ1) is 11.3. The number of aliphatic hydroxyl groups excluding tert-OH is 1. The molecule has 123 valence electrons. The summed E-state index contributed by atoms with van der Waals surface area (Å²) in [6, 6.07) is 0. The van der Waals surface area contributed by atoms with E-state index in [2.05, 4.69) is 52.0 Å². The van der Waals surface area contributed by atoms with Gasteiger partial charge in [-0.1, -0.05) is 0 Å². The third-order valence-corrected chi connectivity index (χ3v) is 8.77. The first kappa shape index (κ1) is 17.9. The average Bonchev–Trinajstić information content (AvgIpc) is 2.48. The van der Waals surface area contributed by atoms with Crippen LogP contribution in [0.5, 0.6) is 0 Å². The summed E-state index contributed by atoms with van der Waals surface area (Å²) in [5.74, 6) is 0.0593. The molecule has 4 heteroatoms. The SMILES string of the molecule is CC1=CC(=CC2=C(O)C(=CC3=CC(C)=[Te]C(C)=C3)C2=O)C=C(C)[Te]1. The molecule has 1 radical (unpaired) electrons. The molecule has 2 nitrogen and oxygen atoms in total. The molecule has 0 spiro atoms. The molecule has 0 saturated heterocycles. The number of hydrogen-bond acceptors (Lipinski definition) is 2. The summed E-state index contributed by atoms with van der Waals surface area (Å²) in [6.45, 7) is 8.56. The third-order valence-electron chi connectivity index (χ3n) is 3.75. The van der Waals surface area contributed by atoms with Crippen LogP contribution in [0.2, 0.25) is 0 Å². The molecule has 0 amide bonds. The van der Waals surface area contributed by atoms with E-state index in [9.17, 15) is 9.90 Å². The first-order valence-electron chi connectivity index (χ1n) is 7.71. The van der Waals surface area contributed by atoms with E-state index in [4.69, 9.17) is 0 Å². The molecular formula is C20H19O2Te2. The van der Waals surface area contributed by atoms with Crippen molar-refractivity contribution in [2.75, 3.05) is 0 Å². The summed E-state index contributed by atoms with van der Waals surface area (Å²) in [4.78, 5) is 12.4. The Morgan fingerprint density at radius 3 is 2.17 bits per heavy atom. The Morgan fingerprint density at radius 1 is 0.917 bits per heavy atom. The van der Waals surface area contributed by atoms with E-state index in [1.165, 1.54) is 14.4 Å². The van der Waals surface area contributed by atoms with Gasteiger partial charge >= 0.3 is 164 Å². The summed E-state index contributed by atoms with van der Waals surface area (Å²) < 4.78 is 5.60. The Kier molecular flexibility index (Phi) is 5.33. The van der Waals surface area contributed by atoms with Gasteiger partial charge in [0.1, 0.15) is 0 Å². The van der Waals surface area contributed by atoms with Gasteiger partial charge in [-0.15, -0.1) is 0 Å². The number of ketones is 1. The summed E-state index contributed by atoms with van der Waals surface area (Å²) >= 11 is -0.377. The van der Waals surface area contributed by atoms with Crippen LogP contribution in [-0.4, -0.2) is 55.8 Å². The fourth-order valence-corrected chi connectivity index (χ4v) is 7.98. The van der Waals surface area contributed by atoms with Crippen molar-refractivity contribution in [2.45, 2.75) is 27.7 Å². The van der Waals surface area contributed by atoms with Crippen LogP contribution in [0.25, 0.3) is 0 Å². The Labute approximate surface area is 162 Å². The van der Waals surface area contributed by atoms with Crippen LogP contribution in [0, 0.1) is 0 Å². The van der Waals surface area contributed by atoms with Crippen LogP contribution in [0.1, 0.15) is 27.7 Å². The summed E-state index contributed by atoms with van der Waals surface area (Å²) in [6.07, 6.45) is 12.1. The molecule has 24 heavy (non-hydrogen) atoms. The molecule has 2 aliphatic heterocycles. The fraction of sp³-hybridized carbons (Fsp3) is 0.200. The second-order valence-corrected chi connectivity index (χ2v) is 14.5. The second kappa shape index (κ2) is 7.15. The number of allylic oxidation sites excluding steroid dienone is 13. The third kappa shape index (κ3) is 3.84. The predicted molar refractivity (Wildman–Crippen MR) is 102 cm³/mol. The number of rotatable bonds is 2. The molecule has 0 aromatic rings. The minimum atomic E-state index is -0.189. The molecule has 1 N–H and O–H groups in total. The molecule has 3 aliphatic rings. The van der Waals surface area contributed by atoms with E-state index in [0.29, 0.717) is 11.1 Å². The van der Waals surface area contributed by atoms with Crippen LogP contribution >= 0.6 is 0 Å². The zero-order valence-electron chi connectivity index (χ0n) is 14.1. The van der Waals surface area contributed by atoms with Gasteiger partial charge in [0.25, 0.3) is 0 Å². The maximum atomic E-state index is 12.4. The van der Waals surface area contributed by atoms with Crippen molar-refractivity contribution in [2.24, 2.45) is 0 Å². The van der Waals surface area contributed by atoms with E-state index in [1.807, 2.05) is 12.2 Å². The van der Waals surface area contributed by atoms with Crippen molar-refractivity contribution in [1.29, 1.82) is 0 Å². The second-order valence-electron chi connectivity index (χ2n) is 6.02. The number of aliphatic hydroxyl groups is 1. The Morgan fingerprint density at radius 2 is 1.58 bits per heavy atom. The van der Waals surface area contributed by atoms with E-state index in [1.54, 1.807) is 0 Å². The maximum absolute atomic E-state index is 12.4. The summed E-state index contributed by atoms with van der Waals surface area (Å²) in [5.41, 5.74) is 2.88. The van der Waals surface area contributed by atoms with Gasteiger partial charge in [0.2, 0.25) is 0 Å². The molecule has 0 bridgehead atoms. The van der Waals surface area contributed by atoms with Gasteiger partial charge in [-0.3, -0.25) is 0 Å². The molecule has 1 aliphatic carbocycles. The van der Waals surface area contributed by atoms with Crippen molar-refractivity contribution in [3.63, 3.8) is 0 Å². The number of hydrogen-bond donors (Lipinski definition) is 1. The van der Waals surface area contributed by atoms with Gasteiger partial charge in [-0.25, -0.2) is 0 Å². The van der Waals surface area contributed by atoms with E-state index < -0.39 is 0 Å². The molecule has 0 saturated carbocycles. The predicted octanol–water partition coefficient (Wildman–Crippen LogP) is 3.50. The Hall–Kier alpha value is -0.901. The number of Topliss-reactive ketones (excluding diaryl/α,β-unsaturated/α-hetero) is 1. The molecule has 0 unspecified atom stereocenters. The molecule has 3 rings (SSSR count). The van der Waals surface area contributed by atoms with Gasteiger partial charge in [-0.05, 0) is 0 Å². The van der Waals surface area contributed by atoms with Crippen LogP contribution in [0.3, 0.4) is 0 Å². The van der Waals surface area contributed by atoms with Crippen molar-refractivity contribution in [3.8, 4) is 0 Å². The van der Waals surface area contributed by atoms with Gasteiger partial charge in [0.05, 0.1) is 0 Å². The van der Waals surface area contributed by atoms with Crippen molar-refractivity contribution in [1.82, 2.24) is 0 Å².